The summed E-state index contributed by atoms with van der Waals surface area (Å²) < 4.78 is 0. The standard InChI is InChI=1S/C25H34O2SSi/c1-24-11-10-22-20(21(24)7-8-23(24)27)6-5-18-17-19(26)9-12-25(18,22)13-14-28-15-16-29(2,3)4/h10,17,20-21H,5-9,11-14H2,1-4H3/t20-,21-,24-,25+/m0/s1. The molecule has 2 saturated carbocycles. The molecule has 4 rings (SSSR count). The fourth-order valence-electron chi connectivity index (χ4n) is 6.35. The second-order valence-corrected chi connectivity index (χ2v) is 16.4. The van der Waals surface area contributed by atoms with Gasteiger partial charge in [0.05, 0.1) is 0 Å². The Morgan fingerprint density at radius 3 is 2.72 bits per heavy atom. The van der Waals surface area contributed by atoms with Crippen LogP contribution < -0.4 is 0 Å². The van der Waals surface area contributed by atoms with E-state index < -0.39 is 8.07 Å². The largest absolute Gasteiger partial charge is 0.299 e. The highest BCUT2D eigenvalue weighted by molar-refractivity contribution is 8.03. The number of thioether (sulfide) groups is 1. The monoisotopic (exact) mass is 426 g/mol. The van der Waals surface area contributed by atoms with Crippen LogP contribution in [0.2, 0.25) is 19.6 Å². The molecular weight excluding hydrogens is 392 g/mol. The zero-order valence-corrected chi connectivity index (χ0v) is 20.2. The van der Waals surface area contributed by atoms with Gasteiger partial charge in [-0.25, -0.2) is 0 Å². The minimum Gasteiger partial charge on any atom is -0.299 e. The van der Waals surface area contributed by atoms with Crippen LogP contribution in [0.5, 0.6) is 0 Å². The lowest BCUT2D eigenvalue weighted by atomic mass is 9.50. The Kier molecular flexibility index (Phi) is 5.53. The van der Waals surface area contributed by atoms with E-state index in [2.05, 4.69) is 43.4 Å². The third kappa shape index (κ3) is 3.74. The van der Waals surface area contributed by atoms with E-state index in [1.807, 2.05) is 6.08 Å². The number of allylic oxidation sites excluding steroid dienone is 4. The van der Waals surface area contributed by atoms with Crippen molar-refractivity contribution < 1.29 is 9.59 Å². The van der Waals surface area contributed by atoms with E-state index in [-0.39, 0.29) is 10.8 Å². The molecule has 2 fully saturated rings. The molecule has 4 atom stereocenters. The van der Waals surface area contributed by atoms with Crippen LogP contribution in [0.25, 0.3) is 0 Å². The summed E-state index contributed by atoms with van der Waals surface area (Å²) in [5.74, 6) is 2.84. The van der Waals surface area contributed by atoms with E-state index in [4.69, 9.17) is 0 Å². The van der Waals surface area contributed by atoms with Crippen LogP contribution in [-0.4, -0.2) is 25.4 Å². The van der Waals surface area contributed by atoms with E-state index in [1.54, 1.807) is 17.3 Å². The van der Waals surface area contributed by atoms with Crippen LogP contribution in [-0.2, 0) is 9.59 Å². The number of carbonyl (C=O) groups excluding carboxylic acids is 2. The number of ketones is 2. The molecule has 0 bridgehead atoms. The van der Waals surface area contributed by atoms with E-state index >= 15 is 0 Å². The first-order chi connectivity index (χ1) is 13.7. The van der Waals surface area contributed by atoms with Gasteiger partial charge in [0, 0.05) is 29.4 Å². The van der Waals surface area contributed by atoms with Gasteiger partial charge in [0.25, 0.3) is 0 Å². The average molecular weight is 427 g/mol. The van der Waals surface area contributed by atoms with Crippen molar-refractivity contribution in [3.8, 4) is 10.8 Å². The van der Waals surface area contributed by atoms with Crippen molar-refractivity contribution in [2.75, 3.05) is 5.75 Å². The summed E-state index contributed by atoms with van der Waals surface area (Å²) in [5, 5.41) is 3.36. The lowest BCUT2D eigenvalue weighted by molar-refractivity contribution is -0.127. The van der Waals surface area contributed by atoms with Gasteiger partial charge in [-0.1, -0.05) is 55.5 Å². The maximum Gasteiger partial charge on any atom is 0.155 e. The Balaban J connectivity index is 1.63. The summed E-state index contributed by atoms with van der Waals surface area (Å²) >= 11 is 1.76. The number of hydrogen-bond donors (Lipinski definition) is 0. The SMILES string of the molecule is C[C@]12CC=C3[C@@H](CCC4=CC(=O)CC[C@@]43CCSC#C[Si](C)(C)C)[C@@H]1CCC2=O. The molecule has 0 aromatic rings. The Hall–Kier alpha value is -1.05. The predicted molar refractivity (Wildman–Crippen MR) is 124 cm³/mol. The van der Waals surface area contributed by atoms with Gasteiger partial charge in [-0.2, -0.15) is 0 Å². The van der Waals surface area contributed by atoms with Crippen molar-refractivity contribution in [3.05, 3.63) is 23.3 Å². The zero-order chi connectivity index (χ0) is 20.9. The summed E-state index contributed by atoms with van der Waals surface area (Å²) in [5.41, 5.74) is 6.34. The number of carbonyl (C=O) groups is 2. The molecular formula is C25H34O2SSi. The Labute approximate surface area is 181 Å². The first-order valence-corrected chi connectivity index (χ1v) is 15.8. The van der Waals surface area contributed by atoms with Crippen molar-refractivity contribution in [1.29, 1.82) is 0 Å². The first kappa shape index (κ1) is 21.2. The molecule has 0 heterocycles. The molecule has 4 heteroatoms. The highest BCUT2D eigenvalue weighted by Crippen LogP contribution is 2.63. The van der Waals surface area contributed by atoms with Crippen LogP contribution in [0.1, 0.15) is 58.3 Å². The third-order valence-electron chi connectivity index (χ3n) is 7.92. The van der Waals surface area contributed by atoms with E-state index in [9.17, 15) is 9.59 Å². The molecule has 0 amide bonds. The van der Waals surface area contributed by atoms with Gasteiger partial charge in [-0.05, 0) is 61.7 Å². The molecule has 0 N–H and O–H groups in total. The van der Waals surface area contributed by atoms with Gasteiger partial charge in [-0.3, -0.25) is 9.59 Å². The second kappa shape index (κ2) is 7.57. The molecule has 0 aromatic carbocycles. The smallest absolute Gasteiger partial charge is 0.155 e. The zero-order valence-electron chi connectivity index (χ0n) is 18.4. The molecule has 29 heavy (non-hydrogen) atoms. The van der Waals surface area contributed by atoms with Crippen molar-refractivity contribution in [2.24, 2.45) is 22.7 Å². The van der Waals surface area contributed by atoms with Crippen molar-refractivity contribution in [2.45, 2.75) is 77.9 Å². The molecule has 0 spiro atoms. The van der Waals surface area contributed by atoms with E-state index in [0.717, 1.165) is 50.7 Å². The molecule has 0 aliphatic heterocycles. The van der Waals surface area contributed by atoms with Crippen LogP contribution >= 0.6 is 11.8 Å². The van der Waals surface area contributed by atoms with Gasteiger partial charge in [0.1, 0.15) is 13.9 Å². The van der Waals surface area contributed by atoms with Gasteiger partial charge in [0.2, 0.25) is 0 Å². The minimum atomic E-state index is -1.33. The van der Waals surface area contributed by atoms with Crippen LogP contribution in [0, 0.1) is 33.5 Å². The number of Topliss-reactive ketones (excluding diaryl/α,β-unsaturated/α-hetero) is 1. The predicted octanol–water partition coefficient (Wildman–Crippen LogP) is 5.95. The van der Waals surface area contributed by atoms with E-state index in [1.165, 1.54) is 5.57 Å². The maximum absolute atomic E-state index is 12.6. The number of rotatable bonds is 3. The highest BCUT2D eigenvalue weighted by Gasteiger charge is 2.56. The average Bonchev–Trinajstić information content (AvgIpc) is 2.96. The third-order valence-corrected chi connectivity index (χ3v) is 9.63. The molecule has 156 valence electrons. The summed E-state index contributed by atoms with van der Waals surface area (Å²) in [4.78, 5) is 24.9. The van der Waals surface area contributed by atoms with Crippen molar-refractivity contribution in [1.82, 2.24) is 0 Å². The summed E-state index contributed by atoms with van der Waals surface area (Å²) in [7, 11) is -1.33. The fourth-order valence-corrected chi connectivity index (χ4v) is 8.42. The van der Waals surface area contributed by atoms with Crippen LogP contribution in [0.4, 0.5) is 0 Å². The topological polar surface area (TPSA) is 34.1 Å². The molecule has 0 aromatic heterocycles. The summed E-state index contributed by atoms with van der Waals surface area (Å²) in [6.07, 6.45) is 12.0. The molecule has 0 saturated heterocycles. The Bertz CT molecular complexity index is 852. The molecule has 2 nitrogen and oxygen atoms in total. The van der Waals surface area contributed by atoms with Gasteiger partial charge in [0.15, 0.2) is 5.78 Å². The van der Waals surface area contributed by atoms with Gasteiger partial charge in [-0.15, -0.1) is 5.54 Å². The number of hydrogen-bond acceptors (Lipinski definition) is 3. The molecule has 4 aliphatic carbocycles. The minimum absolute atomic E-state index is 0.0532. The maximum atomic E-state index is 12.6. The van der Waals surface area contributed by atoms with Gasteiger partial charge >= 0.3 is 0 Å². The quantitative estimate of drug-likeness (QED) is 0.242. The molecule has 4 aliphatic rings. The second-order valence-electron chi connectivity index (χ2n) is 10.8. The lowest BCUT2D eigenvalue weighted by Crippen LogP contribution is -2.45. The Morgan fingerprint density at radius 1 is 1.17 bits per heavy atom. The lowest BCUT2D eigenvalue weighted by Gasteiger charge is -2.53. The van der Waals surface area contributed by atoms with Crippen molar-refractivity contribution >= 4 is 31.4 Å². The van der Waals surface area contributed by atoms with Crippen LogP contribution in [0.15, 0.2) is 23.3 Å². The van der Waals surface area contributed by atoms with Crippen LogP contribution in [0.3, 0.4) is 0 Å². The normalized spacial score (nSPS) is 36.3. The fraction of sp³-hybridized carbons (Fsp3) is 0.680. The Morgan fingerprint density at radius 2 is 1.97 bits per heavy atom. The summed E-state index contributed by atoms with van der Waals surface area (Å²) in [6.45, 7) is 9.06. The molecule has 0 unspecified atom stereocenters. The summed E-state index contributed by atoms with van der Waals surface area (Å²) in [6, 6.07) is 0. The van der Waals surface area contributed by atoms with Crippen molar-refractivity contribution in [3.63, 3.8) is 0 Å². The molecule has 0 radical (unpaired) electrons. The van der Waals surface area contributed by atoms with E-state index in [0.29, 0.717) is 29.8 Å². The number of fused-ring (bicyclic) bond motifs is 5. The van der Waals surface area contributed by atoms with Gasteiger partial charge < -0.3 is 0 Å². The highest BCUT2D eigenvalue weighted by atomic mass is 32.2. The first-order valence-electron chi connectivity index (χ1n) is 11.3.